The van der Waals surface area contributed by atoms with Crippen molar-refractivity contribution in [3.63, 3.8) is 0 Å². The summed E-state index contributed by atoms with van der Waals surface area (Å²) >= 11 is 0. The van der Waals surface area contributed by atoms with Gasteiger partial charge in [-0.25, -0.2) is 4.39 Å². The lowest BCUT2D eigenvalue weighted by Crippen LogP contribution is -2.34. The van der Waals surface area contributed by atoms with E-state index in [1.807, 2.05) is 6.07 Å². The van der Waals surface area contributed by atoms with Crippen molar-refractivity contribution in [1.29, 1.82) is 0 Å². The van der Waals surface area contributed by atoms with Crippen LogP contribution in [0.15, 0.2) is 24.3 Å². The van der Waals surface area contributed by atoms with Crippen LogP contribution < -0.4 is 5.32 Å². The molecule has 1 saturated carbocycles. The van der Waals surface area contributed by atoms with Gasteiger partial charge in [0.05, 0.1) is 0 Å². The van der Waals surface area contributed by atoms with Crippen LogP contribution in [0.1, 0.15) is 44.6 Å². The molecule has 1 fully saturated rings. The van der Waals surface area contributed by atoms with Crippen molar-refractivity contribution < 1.29 is 4.39 Å². The second-order valence-electron chi connectivity index (χ2n) is 5.20. The van der Waals surface area contributed by atoms with Crippen molar-refractivity contribution in [2.45, 2.75) is 51.6 Å². The fourth-order valence-corrected chi connectivity index (χ4v) is 2.73. The van der Waals surface area contributed by atoms with E-state index in [2.05, 4.69) is 12.2 Å². The third-order valence-corrected chi connectivity index (χ3v) is 3.87. The molecule has 0 amide bonds. The molecule has 1 atom stereocenters. The molecule has 1 unspecified atom stereocenters. The van der Waals surface area contributed by atoms with Crippen molar-refractivity contribution in [1.82, 2.24) is 5.32 Å². The van der Waals surface area contributed by atoms with E-state index in [0.717, 1.165) is 18.0 Å². The van der Waals surface area contributed by atoms with E-state index < -0.39 is 0 Å². The molecular formula is C15H22FN. The molecule has 2 rings (SSSR count). The zero-order valence-electron chi connectivity index (χ0n) is 10.6. The Morgan fingerprint density at radius 3 is 2.76 bits per heavy atom. The molecule has 1 N–H and O–H groups in total. The summed E-state index contributed by atoms with van der Waals surface area (Å²) in [5.74, 6) is 0.659. The normalized spacial score (nSPS) is 19.2. The summed E-state index contributed by atoms with van der Waals surface area (Å²) in [5, 5.41) is 3.53. The first kappa shape index (κ1) is 12.6. The van der Waals surface area contributed by atoms with Gasteiger partial charge in [-0.1, -0.05) is 31.4 Å². The molecule has 0 aliphatic heterocycles. The lowest BCUT2D eigenvalue weighted by Gasteiger charge is -2.28. The summed E-state index contributed by atoms with van der Waals surface area (Å²) in [6, 6.07) is 7.40. The van der Waals surface area contributed by atoms with Gasteiger partial charge in [0.25, 0.3) is 0 Å². The second-order valence-corrected chi connectivity index (χ2v) is 5.20. The molecule has 0 radical (unpaired) electrons. The largest absolute Gasteiger partial charge is 0.310 e. The standard InChI is InChI=1S/C15H22FN/c1-12(14-7-3-2-4-8-14)17-11-13-6-5-9-15(16)10-13/h5-6,9-10,12,14,17H,2-4,7-8,11H2,1H3. The molecule has 1 aliphatic rings. The number of nitrogens with one attached hydrogen (secondary N) is 1. The monoisotopic (exact) mass is 235 g/mol. The first-order valence-electron chi connectivity index (χ1n) is 6.73. The third kappa shape index (κ3) is 3.81. The SMILES string of the molecule is CC(NCc1cccc(F)c1)C1CCCCC1. The van der Waals surface area contributed by atoms with Gasteiger partial charge in [-0.2, -0.15) is 0 Å². The Morgan fingerprint density at radius 1 is 1.29 bits per heavy atom. The summed E-state index contributed by atoms with van der Waals surface area (Å²) in [4.78, 5) is 0. The van der Waals surface area contributed by atoms with Crippen LogP contribution in [0.5, 0.6) is 0 Å². The fraction of sp³-hybridized carbons (Fsp3) is 0.600. The van der Waals surface area contributed by atoms with Gasteiger partial charge in [-0.3, -0.25) is 0 Å². The van der Waals surface area contributed by atoms with Crippen LogP contribution in [-0.4, -0.2) is 6.04 Å². The Labute approximate surface area is 103 Å². The molecule has 0 spiro atoms. The second kappa shape index (κ2) is 6.15. The van der Waals surface area contributed by atoms with E-state index in [-0.39, 0.29) is 5.82 Å². The van der Waals surface area contributed by atoms with Crippen LogP contribution in [0.4, 0.5) is 4.39 Å². The smallest absolute Gasteiger partial charge is 0.123 e. The molecule has 0 bridgehead atoms. The minimum absolute atomic E-state index is 0.144. The Kier molecular flexibility index (Phi) is 4.55. The van der Waals surface area contributed by atoms with Crippen LogP contribution in [0.3, 0.4) is 0 Å². The number of hydrogen-bond acceptors (Lipinski definition) is 1. The van der Waals surface area contributed by atoms with Crippen LogP contribution in [0, 0.1) is 11.7 Å². The fourth-order valence-electron chi connectivity index (χ4n) is 2.73. The Balaban J connectivity index is 1.80. The van der Waals surface area contributed by atoms with E-state index in [9.17, 15) is 4.39 Å². The van der Waals surface area contributed by atoms with Crippen LogP contribution in [-0.2, 0) is 6.54 Å². The van der Waals surface area contributed by atoms with Crippen molar-refractivity contribution in [2.24, 2.45) is 5.92 Å². The van der Waals surface area contributed by atoms with E-state index in [0.29, 0.717) is 6.04 Å². The molecule has 1 aromatic carbocycles. The average Bonchev–Trinajstić information content (AvgIpc) is 2.37. The summed E-state index contributed by atoms with van der Waals surface area (Å²) in [7, 11) is 0. The maximum absolute atomic E-state index is 13.0. The van der Waals surface area contributed by atoms with Gasteiger partial charge < -0.3 is 5.32 Å². The summed E-state index contributed by atoms with van der Waals surface area (Å²) in [6.07, 6.45) is 6.83. The number of rotatable bonds is 4. The van der Waals surface area contributed by atoms with Crippen molar-refractivity contribution in [3.05, 3.63) is 35.6 Å². The summed E-state index contributed by atoms with van der Waals surface area (Å²) in [6.45, 7) is 3.03. The molecule has 0 saturated heterocycles. The highest BCUT2D eigenvalue weighted by atomic mass is 19.1. The van der Waals surface area contributed by atoms with Gasteiger partial charge in [0.15, 0.2) is 0 Å². The molecule has 1 aliphatic carbocycles. The topological polar surface area (TPSA) is 12.0 Å². The van der Waals surface area contributed by atoms with E-state index in [1.165, 1.54) is 38.2 Å². The maximum atomic E-state index is 13.0. The molecule has 17 heavy (non-hydrogen) atoms. The van der Waals surface area contributed by atoms with Crippen molar-refractivity contribution >= 4 is 0 Å². The van der Waals surface area contributed by atoms with Crippen LogP contribution in [0.2, 0.25) is 0 Å². The Hall–Kier alpha value is -0.890. The zero-order valence-corrected chi connectivity index (χ0v) is 10.6. The molecule has 0 aromatic heterocycles. The summed E-state index contributed by atoms with van der Waals surface area (Å²) < 4.78 is 13.0. The van der Waals surface area contributed by atoms with Crippen molar-refractivity contribution in [3.8, 4) is 0 Å². The first-order valence-corrected chi connectivity index (χ1v) is 6.73. The molecule has 0 heterocycles. The van der Waals surface area contributed by atoms with Gasteiger partial charge in [-0.15, -0.1) is 0 Å². The molecule has 1 aromatic rings. The lowest BCUT2D eigenvalue weighted by molar-refractivity contribution is 0.280. The quantitative estimate of drug-likeness (QED) is 0.835. The van der Waals surface area contributed by atoms with Gasteiger partial charge in [-0.05, 0) is 43.4 Å². The van der Waals surface area contributed by atoms with E-state index >= 15 is 0 Å². The molecule has 1 nitrogen and oxygen atoms in total. The number of halogens is 1. The van der Waals surface area contributed by atoms with E-state index in [1.54, 1.807) is 12.1 Å². The van der Waals surface area contributed by atoms with Gasteiger partial charge in [0.1, 0.15) is 5.82 Å². The minimum atomic E-state index is -0.144. The van der Waals surface area contributed by atoms with Gasteiger partial charge in [0, 0.05) is 12.6 Å². The highest BCUT2D eigenvalue weighted by Gasteiger charge is 2.19. The van der Waals surface area contributed by atoms with Crippen LogP contribution >= 0.6 is 0 Å². The van der Waals surface area contributed by atoms with Gasteiger partial charge in [0.2, 0.25) is 0 Å². The summed E-state index contributed by atoms with van der Waals surface area (Å²) in [5.41, 5.74) is 1.03. The predicted octanol–water partition coefficient (Wildman–Crippen LogP) is 3.88. The minimum Gasteiger partial charge on any atom is -0.310 e. The highest BCUT2D eigenvalue weighted by Crippen LogP contribution is 2.26. The molecular weight excluding hydrogens is 213 g/mol. The predicted molar refractivity (Wildman–Crippen MR) is 69.3 cm³/mol. The van der Waals surface area contributed by atoms with Crippen molar-refractivity contribution in [2.75, 3.05) is 0 Å². The molecule has 2 heteroatoms. The maximum Gasteiger partial charge on any atom is 0.123 e. The zero-order chi connectivity index (χ0) is 12.1. The number of benzene rings is 1. The van der Waals surface area contributed by atoms with Gasteiger partial charge >= 0.3 is 0 Å². The third-order valence-electron chi connectivity index (χ3n) is 3.87. The highest BCUT2D eigenvalue weighted by molar-refractivity contribution is 5.16. The van der Waals surface area contributed by atoms with Crippen LogP contribution in [0.25, 0.3) is 0 Å². The lowest BCUT2D eigenvalue weighted by atomic mass is 9.84. The van der Waals surface area contributed by atoms with E-state index in [4.69, 9.17) is 0 Å². The number of hydrogen-bond donors (Lipinski definition) is 1. The Bertz CT molecular complexity index is 345. The molecule has 94 valence electrons. The first-order chi connectivity index (χ1) is 8.25. The average molecular weight is 235 g/mol. The Morgan fingerprint density at radius 2 is 2.06 bits per heavy atom.